The minimum Gasteiger partial charge on any atom is -0.487 e. The first-order valence-corrected chi connectivity index (χ1v) is 7.13. The molecule has 0 saturated heterocycles. The summed E-state index contributed by atoms with van der Waals surface area (Å²) in [7, 11) is 0. The second-order valence-electron chi connectivity index (χ2n) is 5.05. The number of nitrogens with one attached hydrogen (secondary N) is 1. The molecular formula is C16H13ClFNO3. The van der Waals surface area contributed by atoms with Crippen molar-refractivity contribution in [3.8, 4) is 16.9 Å². The van der Waals surface area contributed by atoms with Crippen LogP contribution in [0.5, 0.6) is 5.75 Å². The Kier molecular flexibility index (Phi) is 3.90. The maximum atomic E-state index is 13.9. The smallest absolute Gasteiger partial charge is 0.404 e. The van der Waals surface area contributed by atoms with Crippen LogP contribution in [0.3, 0.4) is 0 Å². The van der Waals surface area contributed by atoms with Gasteiger partial charge in [-0.2, -0.15) is 0 Å². The van der Waals surface area contributed by atoms with Crippen LogP contribution in [-0.2, 0) is 6.42 Å². The Labute approximate surface area is 131 Å². The van der Waals surface area contributed by atoms with E-state index in [-0.39, 0.29) is 18.5 Å². The molecule has 2 N–H and O–H groups in total. The van der Waals surface area contributed by atoms with Crippen LogP contribution >= 0.6 is 11.6 Å². The summed E-state index contributed by atoms with van der Waals surface area (Å²) in [6.07, 6.45) is -1.02. The van der Waals surface area contributed by atoms with Gasteiger partial charge >= 0.3 is 6.09 Å². The van der Waals surface area contributed by atoms with Crippen molar-refractivity contribution in [3.63, 3.8) is 0 Å². The van der Waals surface area contributed by atoms with Crippen molar-refractivity contribution in [2.45, 2.75) is 12.5 Å². The Morgan fingerprint density at radius 1 is 1.36 bits per heavy atom. The number of ether oxygens (including phenoxy) is 1. The van der Waals surface area contributed by atoms with Crippen LogP contribution in [0.2, 0.25) is 5.02 Å². The van der Waals surface area contributed by atoms with Crippen molar-refractivity contribution in [2.24, 2.45) is 0 Å². The summed E-state index contributed by atoms with van der Waals surface area (Å²) in [4.78, 5) is 10.6. The second kappa shape index (κ2) is 5.85. The highest BCUT2D eigenvalue weighted by Gasteiger charge is 2.27. The normalized spacial score (nSPS) is 16.0. The van der Waals surface area contributed by atoms with E-state index in [9.17, 15) is 9.18 Å². The molecule has 0 fully saturated rings. The first-order chi connectivity index (χ1) is 10.5. The Bertz CT molecular complexity index is 735. The van der Waals surface area contributed by atoms with Gasteiger partial charge in [0.2, 0.25) is 0 Å². The summed E-state index contributed by atoms with van der Waals surface area (Å²) in [5, 5.41) is 11.4. The molecule has 3 rings (SSSR count). The standard InChI is InChI=1S/C16H13ClFNO3/c17-14-4-2-1-3-12(14)13-7-10(18)5-9-6-11(22-15(9)13)8-19-16(20)21/h1-5,7,11,19H,6,8H2,(H,20,21). The Balaban J connectivity index is 1.96. The molecule has 0 saturated carbocycles. The van der Waals surface area contributed by atoms with E-state index in [2.05, 4.69) is 5.32 Å². The lowest BCUT2D eigenvalue weighted by atomic mass is 10.00. The SMILES string of the molecule is O=C(O)NCC1Cc2cc(F)cc(-c3ccccc3Cl)c2O1. The zero-order chi connectivity index (χ0) is 15.7. The molecule has 1 aliphatic heterocycles. The third-order valence-electron chi connectivity index (χ3n) is 3.51. The fraction of sp³-hybridized carbons (Fsp3) is 0.188. The third-order valence-corrected chi connectivity index (χ3v) is 3.84. The lowest BCUT2D eigenvalue weighted by Gasteiger charge is -2.13. The van der Waals surface area contributed by atoms with Gasteiger partial charge in [0, 0.05) is 28.1 Å². The summed E-state index contributed by atoms with van der Waals surface area (Å²) in [6, 6.07) is 9.93. The zero-order valence-electron chi connectivity index (χ0n) is 11.5. The van der Waals surface area contributed by atoms with E-state index in [0.29, 0.717) is 33.9 Å². The van der Waals surface area contributed by atoms with Crippen molar-refractivity contribution in [2.75, 3.05) is 6.54 Å². The minimum absolute atomic E-state index is 0.146. The number of halogens is 2. The number of hydrogen-bond acceptors (Lipinski definition) is 2. The van der Waals surface area contributed by atoms with E-state index in [1.165, 1.54) is 12.1 Å². The van der Waals surface area contributed by atoms with Gasteiger partial charge in [-0.05, 0) is 18.2 Å². The molecule has 4 nitrogen and oxygen atoms in total. The number of carboxylic acid groups (broad SMARTS) is 1. The van der Waals surface area contributed by atoms with Crippen molar-refractivity contribution in [1.82, 2.24) is 5.32 Å². The van der Waals surface area contributed by atoms with Gasteiger partial charge in [0.25, 0.3) is 0 Å². The van der Waals surface area contributed by atoms with E-state index in [1.54, 1.807) is 18.2 Å². The summed E-state index contributed by atoms with van der Waals surface area (Å²) < 4.78 is 19.7. The van der Waals surface area contributed by atoms with E-state index < -0.39 is 6.09 Å². The molecule has 0 aromatic heterocycles. The van der Waals surface area contributed by atoms with Crippen molar-refractivity contribution >= 4 is 17.7 Å². The van der Waals surface area contributed by atoms with E-state index in [0.717, 1.165) is 0 Å². The van der Waals surface area contributed by atoms with Crippen LogP contribution in [0.15, 0.2) is 36.4 Å². The number of rotatable bonds is 3. The van der Waals surface area contributed by atoms with Gasteiger partial charge in [-0.25, -0.2) is 9.18 Å². The first kappa shape index (κ1) is 14.7. The van der Waals surface area contributed by atoms with Crippen molar-refractivity contribution < 1.29 is 19.0 Å². The van der Waals surface area contributed by atoms with Crippen LogP contribution in [0.25, 0.3) is 11.1 Å². The molecule has 1 heterocycles. The van der Waals surface area contributed by atoms with Crippen LogP contribution in [0.1, 0.15) is 5.56 Å². The average Bonchev–Trinajstić information content (AvgIpc) is 2.87. The fourth-order valence-corrected chi connectivity index (χ4v) is 2.83. The van der Waals surface area contributed by atoms with E-state index in [4.69, 9.17) is 21.4 Å². The van der Waals surface area contributed by atoms with Gasteiger partial charge < -0.3 is 15.2 Å². The predicted molar refractivity (Wildman–Crippen MR) is 81.0 cm³/mol. The van der Waals surface area contributed by atoms with Crippen LogP contribution in [0, 0.1) is 5.82 Å². The fourth-order valence-electron chi connectivity index (χ4n) is 2.59. The van der Waals surface area contributed by atoms with Crippen molar-refractivity contribution in [1.29, 1.82) is 0 Å². The molecule has 2 aromatic carbocycles. The van der Waals surface area contributed by atoms with Gasteiger partial charge in [-0.1, -0.05) is 29.8 Å². The summed E-state index contributed by atoms with van der Waals surface area (Å²) >= 11 is 6.18. The van der Waals surface area contributed by atoms with Gasteiger partial charge in [0.05, 0.1) is 6.54 Å². The largest absolute Gasteiger partial charge is 0.487 e. The molecule has 0 radical (unpaired) electrons. The maximum Gasteiger partial charge on any atom is 0.404 e. The molecule has 1 atom stereocenters. The molecule has 0 bridgehead atoms. The average molecular weight is 322 g/mol. The summed E-state index contributed by atoms with van der Waals surface area (Å²) in [5.74, 6) is 0.191. The summed E-state index contributed by atoms with van der Waals surface area (Å²) in [6.45, 7) is 0.146. The predicted octanol–water partition coefficient (Wildman–Crippen LogP) is 3.72. The molecule has 0 spiro atoms. The maximum absolute atomic E-state index is 13.9. The Morgan fingerprint density at radius 2 is 2.14 bits per heavy atom. The number of carbonyl (C=O) groups is 1. The topological polar surface area (TPSA) is 58.6 Å². The number of benzene rings is 2. The van der Waals surface area contributed by atoms with Crippen LogP contribution in [-0.4, -0.2) is 23.8 Å². The monoisotopic (exact) mass is 321 g/mol. The molecule has 114 valence electrons. The van der Waals surface area contributed by atoms with E-state index >= 15 is 0 Å². The Hall–Kier alpha value is -2.27. The number of amides is 1. The molecular weight excluding hydrogens is 309 g/mol. The highest BCUT2D eigenvalue weighted by atomic mass is 35.5. The highest BCUT2D eigenvalue weighted by Crippen LogP contribution is 2.41. The lowest BCUT2D eigenvalue weighted by molar-refractivity contribution is 0.181. The van der Waals surface area contributed by atoms with Crippen LogP contribution in [0.4, 0.5) is 9.18 Å². The Morgan fingerprint density at radius 3 is 2.86 bits per heavy atom. The zero-order valence-corrected chi connectivity index (χ0v) is 12.2. The van der Waals surface area contributed by atoms with Crippen molar-refractivity contribution in [3.05, 3.63) is 52.8 Å². The van der Waals surface area contributed by atoms with Gasteiger partial charge in [-0.15, -0.1) is 0 Å². The third kappa shape index (κ3) is 2.85. The number of hydrogen-bond donors (Lipinski definition) is 2. The quantitative estimate of drug-likeness (QED) is 0.906. The van der Waals surface area contributed by atoms with Gasteiger partial charge in [0.1, 0.15) is 17.7 Å². The molecule has 1 unspecified atom stereocenters. The lowest BCUT2D eigenvalue weighted by Crippen LogP contribution is -2.33. The van der Waals surface area contributed by atoms with Gasteiger partial charge in [0.15, 0.2) is 0 Å². The molecule has 6 heteroatoms. The molecule has 2 aromatic rings. The summed E-state index contributed by atoms with van der Waals surface area (Å²) in [5.41, 5.74) is 1.98. The number of fused-ring (bicyclic) bond motifs is 1. The molecule has 1 amide bonds. The highest BCUT2D eigenvalue weighted by molar-refractivity contribution is 6.33. The van der Waals surface area contributed by atoms with Crippen LogP contribution < -0.4 is 10.1 Å². The first-order valence-electron chi connectivity index (χ1n) is 6.75. The molecule has 1 aliphatic rings. The molecule has 0 aliphatic carbocycles. The van der Waals surface area contributed by atoms with Gasteiger partial charge in [-0.3, -0.25) is 0 Å². The van der Waals surface area contributed by atoms with E-state index in [1.807, 2.05) is 6.07 Å². The second-order valence-corrected chi connectivity index (χ2v) is 5.46. The molecule has 22 heavy (non-hydrogen) atoms. The minimum atomic E-state index is -1.11.